The maximum Gasteiger partial charge on any atom is 0.311 e. The fourth-order valence-corrected chi connectivity index (χ4v) is 3.86. The number of allylic oxidation sites excluding steroid dienone is 1. The molecule has 1 aliphatic carbocycles. The van der Waals surface area contributed by atoms with Gasteiger partial charge in [0.25, 0.3) is 0 Å². The quantitative estimate of drug-likeness (QED) is 0.818. The van der Waals surface area contributed by atoms with Crippen molar-refractivity contribution in [3.05, 3.63) is 40.4 Å². The first-order valence-electron chi connectivity index (χ1n) is 7.00. The summed E-state index contributed by atoms with van der Waals surface area (Å²) in [6.07, 6.45) is 2.87. The monoisotopic (exact) mass is 363 g/mol. The van der Waals surface area contributed by atoms with Crippen molar-refractivity contribution in [3.63, 3.8) is 0 Å². The Hall–Kier alpha value is -1.95. The van der Waals surface area contributed by atoms with Crippen LogP contribution in [-0.4, -0.2) is 24.3 Å². The third kappa shape index (κ3) is 2.01. The fourth-order valence-electron chi connectivity index (χ4n) is 3.16. The van der Waals surface area contributed by atoms with Gasteiger partial charge >= 0.3 is 5.97 Å². The van der Waals surface area contributed by atoms with Crippen molar-refractivity contribution in [2.24, 2.45) is 5.92 Å². The largest absolute Gasteiger partial charge is 0.466 e. The SMILES string of the molecule is CCOC(=O)[C@H]1CC(=O)C=C[C@@]12C(=O)Nc1cccc(Br)c12. The number of carbonyl (C=O) groups is 3. The van der Waals surface area contributed by atoms with Crippen LogP contribution in [0.25, 0.3) is 0 Å². The lowest BCUT2D eigenvalue weighted by Crippen LogP contribution is -2.47. The minimum atomic E-state index is -1.20. The molecule has 6 heteroatoms. The molecule has 0 radical (unpaired) electrons. The molecule has 3 rings (SSSR count). The third-order valence-electron chi connectivity index (χ3n) is 4.11. The number of anilines is 1. The van der Waals surface area contributed by atoms with Gasteiger partial charge in [-0.25, -0.2) is 0 Å². The Morgan fingerprint density at radius 3 is 2.95 bits per heavy atom. The average Bonchev–Trinajstić information content (AvgIpc) is 2.76. The molecule has 1 spiro atoms. The number of hydrogen-bond donors (Lipinski definition) is 1. The van der Waals surface area contributed by atoms with Crippen LogP contribution in [0.15, 0.2) is 34.8 Å². The van der Waals surface area contributed by atoms with E-state index in [4.69, 9.17) is 4.74 Å². The molecule has 1 N–H and O–H groups in total. The molecular formula is C16H14BrNO4. The molecule has 0 saturated heterocycles. The first-order chi connectivity index (χ1) is 10.5. The zero-order valence-electron chi connectivity index (χ0n) is 11.9. The number of hydrogen-bond acceptors (Lipinski definition) is 4. The highest BCUT2D eigenvalue weighted by Gasteiger charge is 2.56. The van der Waals surface area contributed by atoms with Crippen LogP contribution in [0, 0.1) is 5.92 Å². The Labute approximate surface area is 135 Å². The van der Waals surface area contributed by atoms with Gasteiger partial charge in [0.1, 0.15) is 5.41 Å². The summed E-state index contributed by atoms with van der Waals surface area (Å²) in [4.78, 5) is 36.8. The molecule has 1 heterocycles. The van der Waals surface area contributed by atoms with Gasteiger partial charge in [-0.2, -0.15) is 0 Å². The van der Waals surface area contributed by atoms with Crippen LogP contribution in [0.5, 0.6) is 0 Å². The topological polar surface area (TPSA) is 72.5 Å². The van der Waals surface area contributed by atoms with Crippen molar-refractivity contribution < 1.29 is 19.1 Å². The van der Waals surface area contributed by atoms with E-state index < -0.39 is 17.3 Å². The fraction of sp³-hybridized carbons (Fsp3) is 0.312. The van der Waals surface area contributed by atoms with E-state index in [0.29, 0.717) is 11.3 Å². The normalized spacial score (nSPS) is 26.0. The second kappa shape index (κ2) is 5.35. The number of esters is 1. The molecule has 1 aliphatic heterocycles. The van der Waals surface area contributed by atoms with E-state index in [1.54, 1.807) is 19.1 Å². The Morgan fingerprint density at radius 2 is 2.23 bits per heavy atom. The number of amides is 1. The molecule has 2 aliphatic rings. The van der Waals surface area contributed by atoms with Gasteiger partial charge in [0.05, 0.1) is 12.5 Å². The summed E-state index contributed by atoms with van der Waals surface area (Å²) in [6.45, 7) is 1.90. The highest BCUT2D eigenvalue weighted by molar-refractivity contribution is 9.10. The van der Waals surface area contributed by atoms with Gasteiger partial charge in [0.2, 0.25) is 5.91 Å². The van der Waals surface area contributed by atoms with Crippen molar-refractivity contribution in [2.75, 3.05) is 11.9 Å². The molecule has 1 aromatic rings. The summed E-state index contributed by atoms with van der Waals surface area (Å²) < 4.78 is 5.82. The van der Waals surface area contributed by atoms with Crippen LogP contribution in [0.1, 0.15) is 18.9 Å². The van der Waals surface area contributed by atoms with Gasteiger partial charge in [-0.1, -0.05) is 28.1 Å². The van der Waals surface area contributed by atoms with Gasteiger partial charge in [-0.05, 0) is 25.1 Å². The molecule has 0 unspecified atom stereocenters. The van der Waals surface area contributed by atoms with Crippen molar-refractivity contribution in [1.82, 2.24) is 0 Å². The van der Waals surface area contributed by atoms with Crippen LogP contribution in [0.3, 0.4) is 0 Å². The van der Waals surface area contributed by atoms with E-state index in [1.165, 1.54) is 12.2 Å². The average molecular weight is 364 g/mol. The predicted octanol–water partition coefficient (Wildman–Crippen LogP) is 2.35. The number of ether oxygens (including phenoxy) is 1. The summed E-state index contributed by atoms with van der Waals surface area (Å²) in [5.41, 5.74) is 0.129. The van der Waals surface area contributed by atoms with Gasteiger partial charge in [0.15, 0.2) is 5.78 Å². The lowest BCUT2D eigenvalue weighted by Gasteiger charge is -2.34. The van der Waals surface area contributed by atoms with E-state index in [0.717, 1.165) is 4.47 Å². The van der Waals surface area contributed by atoms with E-state index in [-0.39, 0.29) is 24.7 Å². The zero-order valence-corrected chi connectivity index (χ0v) is 13.5. The molecule has 0 fully saturated rings. The summed E-state index contributed by atoms with van der Waals surface area (Å²) in [6, 6.07) is 5.39. The number of fused-ring (bicyclic) bond motifs is 2. The van der Waals surface area contributed by atoms with E-state index >= 15 is 0 Å². The number of rotatable bonds is 2. The number of carbonyl (C=O) groups excluding carboxylic acids is 3. The number of ketones is 1. The minimum Gasteiger partial charge on any atom is -0.466 e. The van der Waals surface area contributed by atoms with E-state index in [1.807, 2.05) is 6.07 Å². The first kappa shape index (κ1) is 15.0. The van der Waals surface area contributed by atoms with Crippen LogP contribution in [0.2, 0.25) is 0 Å². The van der Waals surface area contributed by atoms with Crippen molar-refractivity contribution in [2.45, 2.75) is 18.8 Å². The van der Waals surface area contributed by atoms with Gasteiger partial charge in [-0.15, -0.1) is 0 Å². The van der Waals surface area contributed by atoms with Crippen LogP contribution >= 0.6 is 15.9 Å². The maximum absolute atomic E-state index is 12.7. The van der Waals surface area contributed by atoms with Gasteiger partial charge < -0.3 is 10.1 Å². The predicted molar refractivity (Wildman–Crippen MR) is 83.3 cm³/mol. The lowest BCUT2D eigenvalue weighted by molar-refractivity contribution is -0.153. The van der Waals surface area contributed by atoms with Crippen LogP contribution in [-0.2, 0) is 24.5 Å². The lowest BCUT2D eigenvalue weighted by atomic mass is 9.66. The molecule has 114 valence electrons. The summed E-state index contributed by atoms with van der Waals surface area (Å²) >= 11 is 3.45. The molecule has 0 aromatic heterocycles. The summed E-state index contributed by atoms with van der Waals surface area (Å²) in [5, 5.41) is 2.80. The molecule has 22 heavy (non-hydrogen) atoms. The molecule has 1 amide bonds. The number of benzene rings is 1. The zero-order chi connectivity index (χ0) is 15.9. The molecule has 1 aromatic carbocycles. The Kier molecular flexibility index (Phi) is 3.64. The van der Waals surface area contributed by atoms with Crippen molar-refractivity contribution in [3.8, 4) is 0 Å². The Balaban J connectivity index is 2.22. The first-order valence-corrected chi connectivity index (χ1v) is 7.79. The minimum absolute atomic E-state index is 0.0382. The Bertz CT molecular complexity index is 712. The van der Waals surface area contributed by atoms with Crippen molar-refractivity contribution >= 4 is 39.3 Å². The standard InChI is InChI=1S/C16H14BrNO4/c1-2-22-14(20)10-8-9(19)6-7-16(10)13-11(17)4-3-5-12(13)18-15(16)21/h3-7,10H,2,8H2,1H3,(H,18,21)/t10-,16-/m1/s1. The van der Waals surface area contributed by atoms with Gasteiger partial charge in [-0.3, -0.25) is 14.4 Å². The molecular weight excluding hydrogens is 350 g/mol. The molecule has 0 bridgehead atoms. The summed E-state index contributed by atoms with van der Waals surface area (Å²) in [5.74, 6) is -1.88. The molecule has 5 nitrogen and oxygen atoms in total. The summed E-state index contributed by atoms with van der Waals surface area (Å²) in [7, 11) is 0. The smallest absolute Gasteiger partial charge is 0.311 e. The number of halogens is 1. The second-order valence-corrected chi connectivity index (χ2v) is 6.15. The molecule has 2 atom stereocenters. The molecule has 0 saturated carbocycles. The second-order valence-electron chi connectivity index (χ2n) is 5.29. The number of nitrogens with one attached hydrogen (secondary N) is 1. The third-order valence-corrected chi connectivity index (χ3v) is 4.77. The highest BCUT2D eigenvalue weighted by atomic mass is 79.9. The van der Waals surface area contributed by atoms with Crippen LogP contribution in [0.4, 0.5) is 5.69 Å². The van der Waals surface area contributed by atoms with E-state index in [2.05, 4.69) is 21.2 Å². The van der Waals surface area contributed by atoms with Crippen LogP contribution < -0.4 is 5.32 Å². The maximum atomic E-state index is 12.7. The van der Waals surface area contributed by atoms with Gasteiger partial charge in [0, 0.05) is 22.1 Å². The highest BCUT2D eigenvalue weighted by Crippen LogP contribution is 2.50. The van der Waals surface area contributed by atoms with E-state index in [9.17, 15) is 14.4 Å². The van der Waals surface area contributed by atoms with Crippen molar-refractivity contribution in [1.29, 1.82) is 0 Å². The Morgan fingerprint density at radius 1 is 1.45 bits per heavy atom.